The van der Waals surface area contributed by atoms with Gasteiger partial charge in [-0.15, -0.1) is 0 Å². The second-order valence-corrected chi connectivity index (χ2v) is 7.52. The van der Waals surface area contributed by atoms with E-state index >= 15 is 0 Å². The Morgan fingerprint density at radius 3 is 2.25 bits per heavy atom. The van der Waals surface area contributed by atoms with E-state index in [1.807, 2.05) is 22.6 Å². The van der Waals surface area contributed by atoms with E-state index in [1.165, 1.54) is 6.07 Å². The molecule has 0 fully saturated rings. The molecule has 0 bridgehead atoms. The first-order valence-corrected chi connectivity index (χ1v) is 9.74. The van der Waals surface area contributed by atoms with Gasteiger partial charge in [0.15, 0.2) is 0 Å². The average Bonchev–Trinajstić information content (AvgIpc) is 2.62. The molecule has 0 heterocycles. The monoisotopic (exact) mass is 528 g/mol. The molecule has 2 aromatic rings. The van der Waals surface area contributed by atoms with E-state index in [1.54, 1.807) is 26.0 Å². The van der Waals surface area contributed by atoms with E-state index in [4.69, 9.17) is 21.1 Å². The molecular formula is C19H17ClF3IO4. The number of halogens is 5. The quantitative estimate of drug-likeness (QED) is 0.403. The van der Waals surface area contributed by atoms with Gasteiger partial charge in [0.25, 0.3) is 0 Å². The Morgan fingerprint density at radius 1 is 1.11 bits per heavy atom. The minimum Gasteiger partial charge on any atom is -0.478 e. The number of hydrogen-bond acceptors (Lipinski definition) is 3. The summed E-state index contributed by atoms with van der Waals surface area (Å²) in [7, 11) is 0. The van der Waals surface area contributed by atoms with Gasteiger partial charge < -0.3 is 14.6 Å². The molecule has 0 radical (unpaired) electrons. The van der Waals surface area contributed by atoms with E-state index in [0.717, 1.165) is 18.2 Å². The van der Waals surface area contributed by atoms with Crippen LogP contribution in [0.1, 0.15) is 32.3 Å². The van der Waals surface area contributed by atoms with E-state index in [-0.39, 0.29) is 29.4 Å². The van der Waals surface area contributed by atoms with E-state index in [9.17, 15) is 23.1 Å². The Morgan fingerprint density at radius 2 is 1.75 bits per heavy atom. The van der Waals surface area contributed by atoms with Gasteiger partial charge in [-0.1, -0.05) is 25.4 Å². The maximum absolute atomic E-state index is 12.7. The van der Waals surface area contributed by atoms with Gasteiger partial charge in [-0.2, -0.15) is 13.2 Å². The molecule has 28 heavy (non-hydrogen) atoms. The van der Waals surface area contributed by atoms with Gasteiger partial charge >= 0.3 is 12.1 Å². The van der Waals surface area contributed by atoms with Gasteiger partial charge in [0.2, 0.25) is 5.60 Å². The predicted octanol–water partition coefficient (Wildman–Crippen LogP) is 6.78. The molecule has 0 aromatic heterocycles. The Balaban J connectivity index is 2.32. The molecule has 0 amide bonds. The van der Waals surface area contributed by atoms with Gasteiger partial charge in [0.05, 0.1) is 14.2 Å². The third-order valence-electron chi connectivity index (χ3n) is 4.23. The first-order chi connectivity index (χ1) is 13.0. The fourth-order valence-corrected chi connectivity index (χ4v) is 3.13. The summed E-state index contributed by atoms with van der Waals surface area (Å²) >= 11 is 7.91. The molecule has 152 valence electrons. The Hall–Kier alpha value is -1.68. The van der Waals surface area contributed by atoms with Gasteiger partial charge in [-0.05, 0) is 65.8 Å². The number of aliphatic carboxylic acids is 1. The number of carbonyl (C=O) groups is 1. The second-order valence-electron chi connectivity index (χ2n) is 5.95. The van der Waals surface area contributed by atoms with Crippen LogP contribution in [-0.2, 0) is 11.0 Å². The molecule has 0 aliphatic heterocycles. The van der Waals surface area contributed by atoms with Crippen LogP contribution in [0, 0.1) is 3.57 Å². The first kappa shape index (κ1) is 22.6. The maximum Gasteiger partial charge on any atom is 0.416 e. The highest BCUT2D eigenvalue weighted by molar-refractivity contribution is 14.1. The number of carboxylic acids is 1. The Bertz CT molecular complexity index is 867. The summed E-state index contributed by atoms with van der Waals surface area (Å²) in [6.45, 7) is 3.43. The molecule has 1 N–H and O–H groups in total. The summed E-state index contributed by atoms with van der Waals surface area (Å²) in [4.78, 5) is 11.7. The Labute approximate surface area is 178 Å². The molecule has 0 atom stereocenters. The summed E-state index contributed by atoms with van der Waals surface area (Å²) in [6.07, 6.45) is -4.00. The summed E-state index contributed by atoms with van der Waals surface area (Å²) in [5, 5.41) is 9.34. The van der Waals surface area contributed by atoms with Crippen molar-refractivity contribution in [3.63, 3.8) is 0 Å². The summed E-state index contributed by atoms with van der Waals surface area (Å²) in [5.41, 5.74) is -2.27. The van der Waals surface area contributed by atoms with Crippen LogP contribution in [-0.4, -0.2) is 16.7 Å². The van der Waals surface area contributed by atoms with Gasteiger partial charge in [0.1, 0.15) is 17.2 Å². The van der Waals surface area contributed by atoms with Crippen LogP contribution in [0.15, 0.2) is 36.4 Å². The first-order valence-electron chi connectivity index (χ1n) is 8.29. The zero-order valence-corrected chi connectivity index (χ0v) is 17.9. The molecule has 0 saturated carbocycles. The molecular weight excluding hydrogens is 512 g/mol. The van der Waals surface area contributed by atoms with Crippen molar-refractivity contribution in [1.29, 1.82) is 0 Å². The van der Waals surface area contributed by atoms with Crippen molar-refractivity contribution < 1.29 is 32.5 Å². The number of carboxylic acid groups (broad SMARTS) is 1. The zero-order valence-electron chi connectivity index (χ0n) is 14.9. The Kier molecular flexibility index (Phi) is 7.08. The number of alkyl halides is 3. The van der Waals surface area contributed by atoms with Crippen LogP contribution in [0.2, 0.25) is 5.02 Å². The smallest absolute Gasteiger partial charge is 0.416 e. The molecule has 0 aliphatic rings. The molecule has 0 saturated heterocycles. The van der Waals surface area contributed by atoms with Crippen LogP contribution >= 0.6 is 34.2 Å². The second kappa shape index (κ2) is 8.77. The lowest BCUT2D eigenvalue weighted by Gasteiger charge is -2.28. The van der Waals surface area contributed by atoms with Crippen LogP contribution in [0.5, 0.6) is 17.2 Å². The average molecular weight is 529 g/mol. The highest BCUT2D eigenvalue weighted by atomic mass is 127. The molecule has 0 spiro atoms. The van der Waals surface area contributed by atoms with E-state index in [2.05, 4.69) is 0 Å². The summed E-state index contributed by atoms with van der Waals surface area (Å²) < 4.78 is 50.3. The van der Waals surface area contributed by atoms with Crippen LogP contribution in [0.4, 0.5) is 13.2 Å². The zero-order chi connectivity index (χ0) is 21.1. The largest absolute Gasteiger partial charge is 0.478 e. The number of rotatable bonds is 7. The third-order valence-corrected chi connectivity index (χ3v) is 5.41. The van der Waals surface area contributed by atoms with Crippen molar-refractivity contribution in [3.05, 3.63) is 50.6 Å². The summed E-state index contributed by atoms with van der Waals surface area (Å²) in [6, 6.07) is 7.51. The molecule has 2 aromatic carbocycles. The van der Waals surface area contributed by atoms with Crippen molar-refractivity contribution >= 4 is 40.2 Å². The van der Waals surface area contributed by atoms with Crippen molar-refractivity contribution in [2.75, 3.05) is 0 Å². The van der Waals surface area contributed by atoms with Gasteiger partial charge in [-0.25, -0.2) is 4.79 Å². The van der Waals surface area contributed by atoms with Gasteiger partial charge in [-0.3, -0.25) is 0 Å². The van der Waals surface area contributed by atoms with E-state index < -0.39 is 23.3 Å². The fraction of sp³-hybridized carbons (Fsp3) is 0.316. The summed E-state index contributed by atoms with van der Waals surface area (Å²) in [5.74, 6) is -0.487. The van der Waals surface area contributed by atoms with Crippen LogP contribution < -0.4 is 9.47 Å². The van der Waals surface area contributed by atoms with E-state index in [0.29, 0.717) is 9.32 Å². The standard InChI is InChI=1S/C19H17ClF3IO4/c1-3-18(4-2,17(25)26)28-16-10-12(6-7-14(16)24)27-15-8-5-11(9-13(15)20)19(21,22)23/h5-10H,3-4H2,1-2H3,(H,25,26). The molecule has 2 rings (SSSR count). The predicted molar refractivity (Wildman–Crippen MR) is 107 cm³/mol. The normalized spacial score (nSPS) is 12.0. The highest BCUT2D eigenvalue weighted by Crippen LogP contribution is 2.38. The lowest BCUT2D eigenvalue weighted by atomic mass is 9.97. The minimum atomic E-state index is -4.51. The van der Waals surface area contributed by atoms with Crippen molar-refractivity contribution in [2.45, 2.75) is 38.5 Å². The van der Waals surface area contributed by atoms with Crippen molar-refractivity contribution in [1.82, 2.24) is 0 Å². The third kappa shape index (κ3) is 5.02. The fourth-order valence-electron chi connectivity index (χ4n) is 2.46. The van der Waals surface area contributed by atoms with Crippen molar-refractivity contribution in [2.24, 2.45) is 0 Å². The number of benzene rings is 2. The number of hydrogen-bond donors (Lipinski definition) is 1. The van der Waals surface area contributed by atoms with Crippen molar-refractivity contribution in [3.8, 4) is 17.2 Å². The molecule has 0 unspecified atom stereocenters. The van der Waals surface area contributed by atoms with Crippen LogP contribution in [0.3, 0.4) is 0 Å². The van der Waals surface area contributed by atoms with Gasteiger partial charge in [0, 0.05) is 6.07 Å². The lowest BCUT2D eigenvalue weighted by molar-refractivity contribution is -0.156. The minimum absolute atomic E-state index is 0.0392. The molecule has 4 nitrogen and oxygen atoms in total. The SMILES string of the molecule is CCC(CC)(Oc1cc(Oc2ccc(C(F)(F)F)cc2Cl)ccc1I)C(=O)O. The molecule has 9 heteroatoms. The van der Waals surface area contributed by atoms with Crippen LogP contribution in [0.25, 0.3) is 0 Å². The topological polar surface area (TPSA) is 55.8 Å². The highest BCUT2D eigenvalue weighted by Gasteiger charge is 2.38. The maximum atomic E-state index is 12.7. The lowest BCUT2D eigenvalue weighted by Crippen LogP contribution is -2.43. The number of ether oxygens (including phenoxy) is 2. The molecule has 0 aliphatic carbocycles.